The van der Waals surface area contributed by atoms with Gasteiger partial charge in [0.15, 0.2) is 0 Å². The summed E-state index contributed by atoms with van der Waals surface area (Å²) in [5.41, 5.74) is 9.95. The van der Waals surface area contributed by atoms with Gasteiger partial charge in [-0.15, -0.1) is 0 Å². The zero-order valence-electron chi connectivity index (χ0n) is 27.5. The van der Waals surface area contributed by atoms with Gasteiger partial charge in [-0.3, -0.25) is 0 Å². The molecule has 0 atom stereocenters. The van der Waals surface area contributed by atoms with Crippen LogP contribution in [0.5, 0.6) is 0 Å². The third-order valence-corrected chi connectivity index (χ3v) is 10.4. The van der Waals surface area contributed by atoms with Crippen molar-refractivity contribution in [3.05, 3.63) is 194 Å². The lowest BCUT2D eigenvalue weighted by Gasteiger charge is -2.18. The fourth-order valence-corrected chi connectivity index (χ4v) is 7.96. The van der Waals surface area contributed by atoms with E-state index in [0.717, 1.165) is 0 Å². The summed E-state index contributed by atoms with van der Waals surface area (Å²) in [6.07, 6.45) is 0. The smallest absolute Gasteiger partial charge is 0.00262 e. The molecule has 10 rings (SSSR count). The Kier molecular flexibility index (Phi) is 6.60. The fourth-order valence-electron chi connectivity index (χ4n) is 7.96. The Labute approximate surface area is 291 Å². The first-order valence-corrected chi connectivity index (χ1v) is 17.3. The van der Waals surface area contributed by atoms with E-state index in [1.165, 1.54) is 98.4 Å². The zero-order chi connectivity index (χ0) is 33.0. The summed E-state index contributed by atoms with van der Waals surface area (Å²) in [4.78, 5) is 0. The number of rotatable bonds is 4. The predicted molar refractivity (Wildman–Crippen MR) is 216 cm³/mol. The molecule has 0 heteroatoms. The molecule has 0 N–H and O–H groups in total. The van der Waals surface area contributed by atoms with Crippen molar-refractivity contribution < 1.29 is 0 Å². The number of hydrogen-bond donors (Lipinski definition) is 0. The van der Waals surface area contributed by atoms with E-state index in [1.54, 1.807) is 0 Å². The van der Waals surface area contributed by atoms with E-state index >= 15 is 0 Å². The highest BCUT2D eigenvalue weighted by Gasteiger charge is 2.17. The predicted octanol–water partition coefficient (Wildman–Crippen LogP) is 14.1. The summed E-state index contributed by atoms with van der Waals surface area (Å²) in [7, 11) is 0. The molecule has 0 bridgehead atoms. The van der Waals surface area contributed by atoms with Gasteiger partial charge in [0.1, 0.15) is 0 Å². The second-order valence-corrected chi connectivity index (χ2v) is 13.3. The van der Waals surface area contributed by atoms with Crippen molar-refractivity contribution in [3.63, 3.8) is 0 Å². The van der Waals surface area contributed by atoms with E-state index in [0.29, 0.717) is 0 Å². The molecule has 0 heterocycles. The normalized spacial score (nSPS) is 11.6. The maximum absolute atomic E-state index is 2.34. The molecule has 0 radical (unpaired) electrons. The molecule has 10 aromatic carbocycles. The second-order valence-electron chi connectivity index (χ2n) is 13.3. The maximum Gasteiger partial charge on any atom is -0.00262 e. The Morgan fingerprint density at radius 1 is 0.180 bits per heavy atom. The molecule has 0 amide bonds. The topological polar surface area (TPSA) is 0 Å². The lowest BCUT2D eigenvalue weighted by atomic mass is 9.85. The molecular weight excluding hydrogens is 601 g/mol. The van der Waals surface area contributed by atoms with Crippen LogP contribution in [0.3, 0.4) is 0 Å². The quantitative estimate of drug-likeness (QED) is 0.134. The molecule has 50 heavy (non-hydrogen) atoms. The van der Waals surface area contributed by atoms with Gasteiger partial charge in [-0.1, -0.05) is 182 Å². The average molecular weight is 633 g/mol. The highest BCUT2D eigenvalue weighted by molar-refractivity contribution is 6.21. The Morgan fingerprint density at radius 2 is 0.540 bits per heavy atom. The fraction of sp³-hybridized carbons (Fsp3) is 0. The molecule has 0 aliphatic carbocycles. The van der Waals surface area contributed by atoms with Crippen molar-refractivity contribution in [2.75, 3.05) is 0 Å². The second kappa shape index (κ2) is 11.6. The van der Waals surface area contributed by atoms with Crippen LogP contribution in [0.1, 0.15) is 0 Å². The SMILES string of the molecule is c1ccc2cc(-c3c4ccccc4c(-c4ccc(-c5ccc(-c6ccc7ccc8ccccc8c7c6)cc5)cc4)c4ccccc34)ccc2c1. The molecule has 0 unspecified atom stereocenters. The zero-order valence-corrected chi connectivity index (χ0v) is 27.5. The summed E-state index contributed by atoms with van der Waals surface area (Å²) in [5.74, 6) is 0. The first kappa shape index (κ1) is 28.5. The van der Waals surface area contributed by atoms with Crippen molar-refractivity contribution in [1.82, 2.24) is 0 Å². The largest absolute Gasteiger partial charge is 0.0616 e. The van der Waals surface area contributed by atoms with Gasteiger partial charge >= 0.3 is 0 Å². The average Bonchev–Trinajstić information content (AvgIpc) is 3.19. The summed E-state index contributed by atoms with van der Waals surface area (Å²) >= 11 is 0. The van der Waals surface area contributed by atoms with Gasteiger partial charge in [-0.05, 0) is 111 Å². The summed E-state index contributed by atoms with van der Waals surface area (Å²) in [6, 6.07) is 71.3. The van der Waals surface area contributed by atoms with Crippen LogP contribution in [0.25, 0.3) is 98.4 Å². The monoisotopic (exact) mass is 632 g/mol. The lowest BCUT2D eigenvalue weighted by molar-refractivity contribution is 1.60. The molecule has 0 aliphatic heterocycles. The van der Waals surface area contributed by atoms with Crippen molar-refractivity contribution >= 4 is 53.9 Å². The third kappa shape index (κ3) is 4.69. The van der Waals surface area contributed by atoms with E-state index in [1.807, 2.05) is 0 Å². The van der Waals surface area contributed by atoms with Gasteiger partial charge in [0.05, 0.1) is 0 Å². The van der Waals surface area contributed by atoms with Crippen LogP contribution in [0, 0.1) is 0 Å². The Bertz CT molecular complexity index is 2840. The van der Waals surface area contributed by atoms with Gasteiger partial charge < -0.3 is 0 Å². The summed E-state index contributed by atoms with van der Waals surface area (Å²) in [5, 5.41) is 12.8. The molecule has 0 saturated heterocycles. The molecule has 232 valence electrons. The van der Waals surface area contributed by atoms with E-state index in [-0.39, 0.29) is 0 Å². The number of hydrogen-bond acceptors (Lipinski definition) is 0. The van der Waals surface area contributed by atoms with E-state index in [2.05, 4.69) is 194 Å². The van der Waals surface area contributed by atoms with Crippen molar-refractivity contribution in [1.29, 1.82) is 0 Å². The standard InChI is InChI=1S/C50H32/c1-2-11-40-31-42(30-23-33(40)9-1)50-46-15-7-5-13-44(46)49(45-14-6-8-16-47(45)50)39-27-21-35(22-28-39)34-17-19-36(20-18-34)41-29-26-38-25-24-37-10-3-4-12-43(37)48(38)32-41/h1-32H. The van der Waals surface area contributed by atoms with Crippen LogP contribution < -0.4 is 0 Å². The van der Waals surface area contributed by atoms with E-state index in [4.69, 9.17) is 0 Å². The maximum atomic E-state index is 2.34. The van der Waals surface area contributed by atoms with Gasteiger partial charge in [-0.25, -0.2) is 0 Å². The van der Waals surface area contributed by atoms with Crippen molar-refractivity contribution in [2.45, 2.75) is 0 Å². The van der Waals surface area contributed by atoms with Gasteiger partial charge in [0, 0.05) is 0 Å². The van der Waals surface area contributed by atoms with Gasteiger partial charge in [-0.2, -0.15) is 0 Å². The molecule has 10 aromatic rings. The first-order valence-electron chi connectivity index (χ1n) is 17.3. The minimum atomic E-state index is 1.21. The summed E-state index contributed by atoms with van der Waals surface area (Å²) < 4.78 is 0. The highest BCUT2D eigenvalue weighted by Crippen LogP contribution is 2.44. The van der Waals surface area contributed by atoms with Gasteiger partial charge in [0.25, 0.3) is 0 Å². The van der Waals surface area contributed by atoms with Gasteiger partial charge in [0.2, 0.25) is 0 Å². The van der Waals surface area contributed by atoms with Crippen molar-refractivity contribution in [2.24, 2.45) is 0 Å². The minimum Gasteiger partial charge on any atom is -0.0616 e. The molecule has 0 nitrogen and oxygen atoms in total. The highest BCUT2D eigenvalue weighted by atomic mass is 14.2. The number of benzene rings is 10. The third-order valence-electron chi connectivity index (χ3n) is 10.4. The Hall–Kier alpha value is -6.50. The van der Waals surface area contributed by atoms with Crippen LogP contribution >= 0.6 is 0 Å². The molecule has 0 spiro atoms. The first-order chi connectivity index (χ1) is 24.8. The molecule has 0 aliphatic rings. The molecular formula is C50H32. The van der Waals surface area contributed by atoms with Crippen molar-refractivity contribution in [3.8, 4) is 44.5 Å². The Balaban J connectivity index is 1.04. The summed E-state index contributed by atoms with van der Waals surface area (Å²) in [6.45, 7) is 0. The van der Waals surface area contributed by atoms with Crippen LogP contribution in [-0.2, 0) is 0 Å². The minimum absolute atomic E-state index is 1.21. The van der Waals surface area contributed by atoms with Crippen LogP contribution in [0.2, 0.25) is 0 Å². The van der Waals surface area contributed by atoms with Crippen LogP contribution in [0.15, 0.2) is 194 Å². The molecule has 0 aromatic heterocycles. The Morgan fingerprint density at radius 3 is 1.14 bits per heavy atom. The molecule has 0 saturated carbocycles. The van der Waals surface area contributed by atoms with E-state index in [9.17, 15) is 0 Å². The molecule has 0 fully saturated rings. The van der Waals surface area contributed by atoms with Crippen LogP contribution in [0.4, 0.5) is 0 Å². The van der Waals surface area contributed by atoms with Crippen LogP contribution in [-0.4, -0.2) is 0 Å². The van der Waals surface area contributed by atoms with E-state index < -0.39 is 0 Å². The number of fused-ring (bicyclic) bond motifs is 6. The lowest BCUT2D eigenvalue weighted by Crippen LogP contribution is -1.91.